The molecule has 0 bridgehead atoms. The molecule has 12 nitrogen and oxygen atoms in total. The predicted octanol–water partition coefficient (Wildman–Crippen LogP) is 0.592. The van der Waals surface area contributed by atoms with Crippen LogP contribution >= 0.6 is 11.6 Å². The topological polar surface area (TPSA) is 195 Å². The Morgan fingerprint density at radius 3 is 2.55 bits per heavy atom. The average molecular weight is 540 g/mol. The number of guanidine groups is 1. The van der Waals surface area contributed by atoms with Crippen LogP contribution in [0.3, 0.4) is 0 Å². The zero-order valence-electron chi connectivity index (χ0n) is 20.7. The van der Waals surface area contributed by atoms with Crippen molar-refractivity contribution in [3.05, 3.63) is 52.8 Å². The minimum absolute atomic E-state index is 0.0586. The molecule has 13 heteroatoms. The molecular formula is C25H30ClN9O3. The number of nitrogens with two attached hydrogens (primary N) is 3. The van der Waals surface area contributed by atoms with Crippen LogP contribution in [0.5, 0.6) is 0 Å². The van der Waals surface area contributed by atoms with Gasteiger partial charge >= 0.3 is 0 Å². The number of aliphatic imine (C=N–C) groups is 1. The van der Waals surface area contributed by atoms with Crippen LogP contribution in [0.4, 0.5) is 11.6 Å². The van der Waals surface area contributed by atoms with E-state index in [-0.39, 0.29) is 40.2 Å². The second-order valence-electron chi connectivity index (χ2n) is 9.49. The van der Waals surface area contributed by atoms with Gasteiger partial charge in [0.25, 0.3) is 5.91 Å². The maximum atomic E-state index is 12.6. The standard InChI is InChI=1S/C25H30ClN9O3/c26-20-22(29)32-21(28)19(31-20)23(38)33-24-30-14-25(34-24)6-8-35(9-7-25)12-15(13-36)10-17(37)11-18(27)16-4-2-1-3-5-16/h1-5,11,13,15H,6-10,12,14,27H2,(H4,28,29,32)(H2,30,33,34,38). The van der Waals surface area contributed by atoms with Crippen LogP contribution in [0.15, 0.2) is 41.4 Å². The summed E-state index contributed by atoms with van der Waals surface area (Å²) in [5.41, 5.74) is 18.0. The summed E-state index contributed by atoms with van der Waals surface area (Å²) in [5, 5.41) is 5.86. The maximum absolute atomic E-state index is 12.6. The van der Waals surface area contributed by atoms with Crippen LogP contribution in [0.1, 0.15) is 35.3 Å². The van der Waals surface area contributed by atoms with E-state index in [1.54, 1.807) is 0 Å². The summed E-state index contributed by atoms with van der Waals surface area (Å²) < 4.78 is 0. The molecule has 1 atom stereocenters. The molecule has 0 radical (unpaired) electrons. The number of allylic oxidation sites excluding steroid dienone is 1. The average Bonchev–Trinajstić information content (AvgIpc) is 3.29. The first kappa shape index (κ1) is 27.0. The molecule has 1 unspecified atom stereocenters. The predicted molar refractivity (Wildman–Crippen MR) is 145 cm³/mol. The Bertz CT molecular complexity index is 1270. The van der Waals surface area contributed by atoms with E-state index >= 15 is 0 Å². The zero-order valence-corrected chi connectivity index (χ0v) is 21.4. The molecular weight excluding hydrogens is 510 g/mol. The number of carbonyl (C=O) groups is 3. The van der Waals surface area contributed by atoms with Crippen molar-refractivity contribution in [2.45, 2.75) is 24.8 Å². The Labute approximate surface area is 224 Å². The van der Waals surface area contributed by atoms with E-state index in [4.69, 9.17) is 28.8 Å². The number of amides is 1. The number of anilines is 2. The summed E-state index contributed by atoms with van der Waals surface area (Å²) in [5.74, 6) is -1.09. The van der Waals surface area contributed by atoms with Crippen LogP contribution in [-0.2, 0) is 9.59 Å². The molecule has 2 aliphatic heterocycles. The summed E-state index contributed by atoms with van der Waals surface area (Å²) in [6.45, 7) is 2.37. The lowest BCUT2D eigenvalue weighted by molar-refractivity contribution is -0.119. The summed E-state index contributed by atoms with van der Waals surface area (Å²) >= 11 is 5.86. The van der Waals surface area contributed by atoms with E-state index in [1.165, 1.54) is 6.08 Å². The lowest BCUT2D eigenvalue weighted by atomic mass is 9.87. The fourth-order valence-electron chi connectivity index (χ4n) is 4.55. The maximum Gasteiger partial charge on any atom is 0.280 e. The number of ketones is 1. The Kier molecular flexibility index (Phi) is 8.23. The van der Waals surface area contributed by atoms with Crippen molar-refractivity contribution in [1.82, 2.24) is 25.5 Å². The van der Waals surface area contributed by atoms with Crippen molar-refractivity contribution < 1.29 is 14.4 Å². The summed E-state index contributed by atoms with van der Waals surface area (Å²) in [4.78, 5) is 51.1. The molecule has 8 N–H and O–H groups in total. The molecule has 0 aliphatic carbocycles. The van der Waals surface area contributed by atoms with E-state index in [2.05, 4.69) is 30.5 Å². The first-order chi connectivity index (χ1) is 18.2. The molecule has 4 rings (SSSR count). The van der Waals surface area contributed by atoms with E-state index < -0.39 is 11.8 Å². The minimum atomic E-state index is -0.599. The van der Waals surface area contributed by atoms with Crippen molar-refractivity contribution in [3.8, 4) is 0 Å². The van der Waals surface area contributed by atoms with E-state index in [9.17, 15) is 14.4 Å². The van der Waals surface area contributed by atoms with Gasteiger partial charge in [-0.1, -0.05) is 41.9 Å². The van der Waals surface area contributed by atoms with Crippen molar-refractivity contribution in [2.24, 2.45) is 16.6 Å². The number of aromatic nitrogens is 2. The molecule has 3 heterocycles. The van der Waals surface area contributed by atoms with Gasteiger partial charge in [-0.2, -0.15) is 0 Å². The number of halogens is 1. The number of carbonyl (C=O) groups excluding carboxylic acids is 3. The second-order valence-corrected chi connectivity index (χ2v) is 9.85. The Morgan fingerprint density at radius 2 is 1.87 bits per heavy atom. The first-order valence-electron chi connectivity index (χ1n) is 12.1. The highest BCUT2D eigenvalue weighted by Crippen LogP contribution is 2.26. The van der Waals surface area contributed by atoms with Gasteiger partial charge in [-0.15, -0.1) is 0 Å². The molecule has 200 valence electrons. The SMILES string of the molecule is NC(=CC(=O)CC(C=O)CN1CCC2(CC1)CN=C(NC(=O)c1nc(Cl)c(N)nc1N)N2)c1ccccc1. The third kappa shape index (κ3) is 6.45. The fourth-order valence-corrected chi connectivity index (χ4v) is 4.67. The largest absolute Gasteiger partial charge is 0.398 e. The summed E-state index contributed by atoms with van der Waals surface area (Å²) in [6, 6.07) is 9.22. The smallest absolute Gasteiger partial charge is 0.280 e. The van der Waals surface area contributed by atoms with Crippen molar-refractivity contribution in [3.63, 3.8) is 0 Å². The molecule has 1 fully saturated rings. The zero-order chi connectivity index (χ0) is 27.3. The van der Waals surface area contributed by atoms with Gasteiger partial charge in [0, 0.05) is 43.7 Å². The van der Waals surface area contributed by atoms with Gasteiger partial charge in [-0.3, -0.25) is 19.9 Å². The molecule has 1 spiro atoms. The number of aldehydes is 1. The summed E-state index contributed by atoms with van der Waals surface area (Å²) in [6.07, 6.45) is 3.80. The van der Waals surface area contributed by atoms with Gasteiger partial charge in [-0.25, -0.2) is 9.97 Å². The summed E-state index contributed by atoms with van der Waals surface area (Å²) in [7, 11) is 0. The number of nitrogens with zero attached hydrogens (tertiary/aromatic N) is 4. The second kappa shape index (κ2) is 11.6. The molecule has 1 aromatic carbocycles. The lowest BCUT2D eigenvalue weighted by Gasteiger charge is -2.39. The minimum Gasteiger partial charge on any atom is -0.398 e. The number of nitrogens with one attached hydrogen (secondary N) is 2. The van der Waals surface area contributed by atoms with Crippen molar-refractivity contribution in [1.29, 1.82) is 0 Å². The normalized spacial score (nSPS) is 17.9. The highest BCUT2D eigenvalue weighted by Gasteiger charge is 2.39. The fraction of sp³-hybridized carbons (Fsp3) is 0.360. The van der Waals surface area contributed by atoms with Crippen LogP contribution in [0.25, 0.3) is 5.70 Å². The molecule has 2 aromatic rings. The van der Waals surface area contributed by atoms with Gasteiger partial charge < -0.3 is 32.2 Å². The molecule has 2 aliphatic rings. The van der Waals surface area contributed by atoms with Crippen molar-refractivity contribution >= 4 is 52.9 Å². The molecule has 1 amide bonds. The van der Waals surface area contributed by atoms with Crippen LogP contribution in [0.2, 0.25) is 5.15 Å². The number of benzene rings is 1. The van der Waals surface area contributed by atoms with Gasteiger partial charge in [0.15, 0.2) is 34.2 Å². The van der Waals surface area contributed by atoms with E-state index in [0.29, 0.717) is 37.8 Å². The molecule has 38 heavy (non-hydrogen) atoms. The van der Waals surface area contributed by atoms with Gasteiger partial charge in [0.1, 0.15) is 6.29 Å². The lowest BCUT2D eigenvalue weighted by Crippen LogP contribution is -2.56. The van der Waals surface area contributed by atoms with E-state index in [0.717, 1.165) is 24.7 Å². The highest BCUT2D eigenvalue weighted by atomic mass is 35.5. The Hall–Kier alpha value is -4.03. The Morgan fingerprint density at radius 1 is 1.16 bits per heavy atom. The molecule has 1 aromatic heterocycles. The van der Waals surface area contributed by atoms with Gasteiger partial charge in [0.05, 0.1) is 12.1 Å². The van der Waals surface area contributed by atoms with Crippen LogP contribution in [0, 0.1) is 5.92 Å². The number of hydrogen-bond donors (Lipinski definition) is 5. The quantitative estimate of drug-likeness (QED) is 0.234. The highest BCUT2D eigenvalue weighted by molar-refractivity contribution is 6.31. The third-order valence-electron chi connectivity index (χ3n) is 6.66. The van der Waals surface area contributed by atoms with Crippen molar-refractivity contribution in [2.75, 3.05) is 37.6 Å². The Balaban J connectivity index is 1.26. The third-order valence-corrected chi connectivity index (χ3v) is 6.94. The molecule has 0 saturated carbocycles. The van der Waals surface area contributed by atoms with Crippen LogP contribution < -0.4 is 27.8 Å². The number of piperidine rings is 1. The molecule has 1 saturated heterocycles. The van der Waals surface area contributed by atoms with Crippen LogP contribution in [-0.4, -0.2) is 70.5 Å². The first-order valence-corrected chi connectivity index (χ1v) is 12.5. The van der Waals surface area contributed by atoms with Gasteiger partial charge in [0.2, 0.25) is 0 Å². The number of hydrogen-bond acceptors (Lipinski definition) is 11. The van der Waals surface area contributed by atoms with E-state index in [1.807, 2.05) is 30.3 Å². The monoisotopic (exact) mass is 539 g/mol. The number of rotatable bonds is 8. The van der Waals surface area contributed by atoms with Gasteiger partial charge in [-0.05, 0) is 18.4 Å². The number of nitrogen functional groups attached to an aromatic ring is 2. The number of likely N-dealkylation sites (tertiary alicyclic amines) is 1.